The molecule has 6 N–H and O–H groups in total. The van der Waals surface area contributed by atoms with E-state index in [1.54, 1.807) is 6.92 Å². The van der Waals surface area contributed by atoms with Gasteiger partial charge in [-0.3, -0.25) is 0 Å². The second-order valence-electron chi connectivity index (χ2n) is 2.45. The first-order valence-corrected chi connectivity index (χ1v) is 3.91. The average Bonchev–Trinajstić information content (AvgIpc) is 2.11. The monoisotopic (exact) mass is 197 g/mol. The topological polar surface area (TPSA) is 130 Å². The highest BCUT2D eigenvalue weighted by Crippen LogP contribution is 2.17. The van der Waals surface area contributed by atoms with E-state index < -0.39 is 5.97 Å². The highest BCUT2D eigenvalue weighted by atomic mass is 16.5. The van der Waals surface area contributed by atoms with Crippen LogP contribution in [-0.4, -0.2) is 22.5 Å². The van der Waals surface area contributed by atoms with Crippen LogP contribution < -0.4 is 17.2 Å². The molecule has 0 radical (unpaired) electrons. The van der Waals surface area contributed by atoms with Crippen LogP contribution in [0.2, 0.25) is 0 Å². The lowest BCUT2D eigenvalue weighted by atomic mass is 10.3. The number of rotatable bonds is 2. The number of nitrogens with two attached hydrogens (primary N) is 3. The van der Waals surface area contributed by atoms with Crippen molar-refractivity contribution in [2.24, 2.45) is 0 Å². The van der Waals surface area contributed by atoms with Gasteiger partial charge in [0.05, 0.1) is 6.61 Å². The molecule has 0 unspecified atom stereocenters. The summed E-state index contributed by atoms with van der Waals surface area (Å²) in [5.41, 5.74) is 16.0. The molecule has 0 spiro atoms. The number of carbonyl (C=O) groups is 1. The quantitative estimate of drug-likeness (QED) is 0.539. The number of hydrogen-bond acceptors (Lipinski definition) is 7. The number of ether oxygens (including phenoxy) is 1. The second kappa shape index (κ2) is 3.77. The summed E-state index contributed by atoms with van der Waals surface area (Å²) in [6.07, 6.45) is 0. The van der Waals surface area contributed by atoms with E-state index in [9.17, 15) is 4.79 Å². The average molecular weight is 197 g/mol. The molecule has 0 atom stereocenters. The van der Waals surface area contributed by atoms with Crippen LogP contribution in [0.5, 0.6) is 0 Å². The molecular formula is C7H11N5O2. The van der Waals surface area contributed by atoms with E-state index >= 15 is 0 Å². The Kier molecular flexibility index (Phi) is 2.70. The number of hydrogen-bond donors (Lipinski definition) is 3. The molecule has 0 aliphatic heterocycles. The zero-order valence-electron chi connectivity index (χ0n) is 7.65. The molecule has 1 heterocycles. The number of nitrogens with zero attached hydrogens (tertiary/aromatic N) is 2. The van der Waals surface area contributed by atoms with E-state index in [1.165, 1.54) is 0 Å². The van der Waals surface area contributed by atoms with Crippen molar-refractivity contribution >= 4 is 23.4 Å². The van der Waals surface area contributed by atoms with Crippen molar-refractivity contribution in [2.75, 3.05) is 23.8 Å². The fourth-order valence-electron chi connectivity index (χ4n) is 0.860. The molecule has 1 rings (SSSR count). The molecule has 0 aliphatic carbocycles. The normalized spacial score (nSPS) is 9.79. The van der Waals surface area contributed by atoms with Gasteiger partial charge in [-0.05, 0) is 6.92 Å². The van der Waals surface area contributed by atoms with Gasteiger partial charge in [-0.25, -0.2) is 9.78 Å². The minimum atomic E-state index is -0.661. The zero-order valence-corrected chi connectivity index (χ0v) is 7.65. The third-order valence-corrected chi connectivity index (χ3v) is 1.46. The van der Waals surface area contributed by atoms with E-state index in [-0.39, 0.29) is 29.8 Å². The molecule has 1 aromatic heterocycles. The maximum Gasteiger partial charge on any atom is 0.359 e. The smallest absolute Gasteiger partial charge is 0.359 e. The first-order valence-electron chi connectivity index (χ1n) is 3.91. The largest absolute Gasteiger partial charge is 0.461 e. The Labute approximate surface area is 80.3 Å². The van der Waals surface area contributed by atoms with Crippen LogP contribution in [0.25, 0.3) is 0 Å². The van der Waals surface area contributed by atoms with Crippen LogP contribution in [-0.2, 0) is 4.74 Å². The molecule has 7 nitrogen and oxygen atoms in total. The van der Waals surface area contributed by atoms with Gasteiger partial charge in [-0.1, -0.05) is 0 Å². The Balaban J connectivity index is 3.13. The van der Waals surface area contributed by atoms with Gasteiger partial charge in [0, 0.05) is 0 Å². The summed E-state index contributed by atoms with van der Waals surface area (Å²) in [7, 11) is 0. The van der Waals surface area contributed by atoms with Gasteiger partial charge in [0.25, 0.3) is 0 Å². The molecule has 7 heteroatoms. The molecule has 76 valence electrons. The van der Waals surface area contributed by atoms with Crippen molar-refractivity contribution in [1.29, 1.82) is 0 Å². The number of esters is 1. The van der Waals surface area contributed by atoms with Crippen LogP contribution >= 0.6 is 0 Å². The van der Waals surface area contributed by atoms with Crippen molar-refractivity contribution in [1.82, 2.24) is 9.97 Å². The molecule has 1 aromatic rings. The molecule has 0 bridgehead atoms. The van der Waals surface area contributed by atoms with Crippen LogP contribution in [0.15, 0.2) is 0 Å². The van der Waals surface area contributed by atoms with Gasteiger partial charge in [0.2, 0.25) is 5.95 Å². The van der Waals surface area contributed by atoms with Crippen molar-refractivity contribution in [3.05, 3.63) is 5.69 Å². The van der Waals surface area contributed by atoms with Gasteiger partial charge in [0.1, 0.15) is 5.69 Å². The second-order valence-corrected chi connectivity index (χ2v) is 2.45. The fourth-order valence-corrected chi connectivity index (χ4v) is 0.860. The number of nitrogen functional groups attached to an aromatic ring is 3. The number of aromatic nitrogens is 2. The minimum Gasteiger partial charge on any atom is -0.461 e. The third kappa shape index (κ3) is 1.82. The Morgan fingerprint density at radius 1 is 1.36 bits per heavy atom. The van der Waals surface area contributed by atoms with Crippen LogP contribution in [0.4, 0.5) is 17.5 Å². The van der Waals surface area contributed by atoms with E-state index in [1.807, 2.05) is 0 Å². The maximum atomic E-state index is 11.3. The molecule has 0 fully saturated rings. The maximum absolute atomic E-state index is 11.3. The molecule has 14 heavy (non-hydrogen) atoms. The molecule has 0 saturated carbocycles. The summed E-state index contributed by atoms with van der Waals surface area (Å²) in [5, 5.41) is 0. The molecule has 0 saturated heterocycles. The minimum absolute atomic E-state index is 0.0161. The van der Waals surface area contributed by atoms with Gasteiger partial charge < -0.3 is 21.9 Å². The van der Waals surface area contributed by atoms with Crippen molar-refractivity contribution < 1.29 is 9.53 Å². The summed E-state index contributed by atoms with van der Waals surface area (Å²) in [5.74, 6) is -0.800. The van der Waals surface area contributed by atoms with Crippen molar-refractivity contribution in [3.63, 3.8) is 0 Å². The van der Waals surface area contributed by atoms with Crippen molar-refractivity contribution in [2.45, 2.75) is 6.92 Å². The van der Waals surface area contributed by atoms with E-state index in [0.717, 1.165) is 0 Å². The SMILES string of the molecule is CCOC(=O)c1nc(N)nc(N)c1N. The van der Waals surface area contributed by atoms with Crippen molar-refractivity contribution in [3.8, 4) is 0 Å². The Morgan fingerprint density at radius 3 is 2.57 bits per heavy atom. The first kappa shape index (κ1) is 10.0. The van der Waals surface area contributed by atoms with Crippen LogP contribution in [0.3, 0.4) is 0 Å². The molecule has 0 aromatic carbocycles. The molecule has 0 amide bonds. The van der Waals surface area contributed by atoms with Crippen LogP contribution in [0.1, 0.15) is 17.4 Å². The first-order chi connectivity index (χ1) is 6.56. The number of carbonyl (C=O) groups excluding carboxylic acids is 1. The van der Waals surface area contributed by atoms with Gasteiger partial charge in [0.15, 0.2) is 11.5 Å². The Hall–Kier alpha value is -2.05. The highest BCUT2D eigenvalue weighted by Gasteiger charge is 2.16. The Morgan fingerprint density at radius 2 is 2.00 bits per heavy atom. The highest BCUT2D eigenvalue weighted by molar-refractivity contribution is 5.95. The third-order valence-electron chi connectivity index (χ3n) is 1.46. The van der Waals surface area contributed by atoms with Crippen LogP contribution in [0, 0.1) is 0 Å². The Bertz CT molecular complexity index is 365. The van der Waals surface area contributed by atoms with Gasteiger partial charge >= 0.3 is 5.97 Å². The lowest BCUT2D eigenvalue weighted by Gasteiger charge is -2.06. The fraction of sp³-hybridized carbons (Fsp3) is 0.286. The molecular weight excluding hydrogens is 186 g/mol. The lowest BCUT2D eigenvalue weighted by molar-refractivity contribution is 0.0521. The van der Waals surface area contributed by atoms with E-state index in [0.29, 0.717) is 0 Å². The summed E-state index contributed by atoms with van der Waals surface area (Å²) in [4.78, 5) is 18.5. The van der Waals surface area contributed by atoms with E-state index in [2.05, 4.69) is 9.97 Å². The summed E-state index contributed by atoms with van der Waals surface area (Å²) in [6, 6.07) is 0. The predicted molar refractivity (Wildman–Crippen MR) is 51.2 cm³/mol. The summed E-state index contributed by atoms with van der Waals surface area (Å²) < 4.78 is 4.70. The lowest BCUT2D eigenvalue weighted by Crippen LogP contribution is -2.15. The van der Waals surface area contributed by atoms with Gasteiger partial charge in [-0.2, -0.15) is 4.98 Å². The van der Waals surface area contributed by atoms with Gasteiger partial charge in [-0.15, -0.1) is 0 Å². The summed E-state index contributed by atoms with van der Waals surface area (Å²) >= 11 is 0. The molecule has 0 aliphatic rings. The zero-order chi connectivity index (χ0) is 10.7. The summed E-state index contributed by atoms with van der Waals surface area (Å²) in [6.45, 7) is 1.89. The predicted octanol–water partition coefficient (Wildman–Crippen LogP) is -0.600. The van der Waals surface area contributed by atoms with E-state index in [4.69, 9.17) is 21.9 Å². The number of anilines is 3. The standard InChI is InChI=1S/C7H11N5O2/c1-2-14-6(13)4-3(8)5(9)12-7(10)11-4/h2,8H2,1H3,(H4,9,10,11,12).